The fourth-order valence-corrected chi connectivity index (χ4v) is 4.19. The van der Waals surface area contributed by atoms with Crippen LogP contribution in [0.15, 0.2) is 42.5 Å². The van der Waals surface area contributed by atoms with E-state index in [1.807, 2.05) is 31.2 Å². The zero-order chi connectivity index (χ0) is 28.9. The molecule has 0 unspecified atom stereocenters. The summed E-state index contributed by atoms with van der Waals surface area (Å²) in [4.78, 5) is 37.4. The second-order valence-electron chi connectivity index (χ2n) is 9.73. The van der Waals surface area contributed by atoms with Gasteiger partial charge in [0.1, 0.15) is 17.3 Å². The molecule has 3 aromatic rings. The minimum atomic E-state index is -0.375. The molecule has 6 bridgehead atoms. The Morgan fingerprint density at radius 1 is 0.902 bits per heavy atom. The first-order chi connectivity index (χ1) is 20.0. The summed E-state index contributed by atoms with van der Waals surface area (Å²) < 4.78 is 17.5. The van der Waals surface area contributed by atoms with E-state index in [0.717, 1.165) is 49.8 Å². The van der Waals surface area contributed by atoms with E-state index in [-0.39, 0.29) is 30.2 Å². The molecule has 11 nitrogen and oxygen atoms in total. The van der Waals surface area contributed by atoms with Crippen molar-refractivity contribution in [2.24, 2.45) is 0 Å². The Hall–Kier alpha value is -4.41. The van der Waals surface area contributed by atoms with Crippen LogP contribution in [0.4, 0.5) is 17.6 Å². The van der Waals surface area contributed by atoms with Crippen LogP contribution in [0.25, 0.3) is 0 Å². The Kier molecular flexibility index (Phi) is 11.1. The number of nitrogens with zero attached hydrogens (tertiary/aromatic N) is 3. The molecule has 3 N–H and O–H groups in total. The van der Waals surface area contributed by atoms with Crippen molar-refractivity contribution in [1.82, 2.24) is 20.3 Å². The number of anilines is 3. The lowest BCUT2D eigenvalue weighted by Crippen LogP contribution is -2.28. The largest absolute Gasteiger partial charge is 0.494 e. The molecule has 1 amide bonds. The van der Waals surface area contributed by atoms with Gasteiger partial charge in [-0.1, -0.05) is 37.8 Å². The van der Waals surface area contributed by atoms with Gasteiger partial charge in [0.15, 0.2) is 0 Å². The molecule has 11 heteroatoms. The van der Waals surface area contributed by atoms with Crippen LogP contribution in [0.1, 0.15) is 68.3 Å². The van der Waals surface area contributed by atoms with Crippen LogP contribution in [0, 0.1) is 0 Å². The van der Waals surface area contributed by atoms with E-state index >= 15 is 0 Å². The minimum absolute atomic E-state index is 0.0474. The highest BCUT2D eigenvalue weighted by Crippen LogP contribution is 2.26. The van der Waals surface area contributed by atoms with Crippen molar-refractivity contribution in [2.45, 2.75) is 58.9 Å². The summed E-state index contributed by atoms with van der Waals surface area (Å²) in [7, 11) is 0. The normalized spacial score (nSPS) is 14.4. The van der Waals surface area contributed by atoms with Crippen molar-refractivity contribution >= 4 is 29.3 Å². The highest BCUT2D eigenvalue weighted by molar-refractivity contribution is 5.99. The van der Waals surface area contributed by atoms with Crippen molar-refractivity contribution in [2.75, 3.05) is 37.0 Å². The highest BCUT2D eigenvalue weighted by Gasteiger charge is 2.16. The van der Waals surface area contributed by atoms with Crippen LogP contribution in [0.5, 0.6) is 17.5 Å². The number of nitrogens with one attached hydrogen (secondary N) is 3. The Bertz CT molecular complexity index is 1300. The predicted octanol–water partition coefficient (Wildman–Crippen LogP) is 5.06. The molecular weight excluding hydrogens is 524 g/mol. The second-order valence-corrected chi connectivity index (χ2v) is 9.73. The summed E-state index contributed by atoms with van der Waals surface area (Å²) >= 11 is 0. The lowest BCUT2D eigenvalue weighted by Gasteiger charge is -2.14. The molecule has 41 heavy (non-hydrogen) atoms. The van der Waals surface area contributed by atoms with E-state index in [2.05, 4.69) is 30.9 Å². The van der Waals surface area contributed by atoms with E-state index in [4.69, 9.17) is 14.2 Å². The molecule has 1 aromatic heterocycles. The Labute approximate surface area is 240 Å². The fraction of sp³-hybridized carbons (Fsp3) is 0.433. The van der Waals surface area contributed by atoms with Crippen LogP contribution in [-0.2, 0) is 11.3 Å². The van der Waals surface area contributed by atoms with Gasteiger partial charge in [0.2, 0.25) is 11.9 Å². The van der Waals surface area contributed by atoms with Crippen LogP contribution in [0.2, 0.25) is 0 Å². The summed E-state index contributed by atoms with van der Waals surface area (Å²) in [5.41, 5.74) is 2.02. The Balaban J connectivity index is 1.58. The monoisotopic (exact) mass is 562 g/mol. The van der Waals surface area contributed by atoms with Crippen molar-refractivity contribution in [3.63, 3.8) is 0 Å². The van der Waals surface area contributed by atoms with Crippen LogP contribution in [0.3, 0.4) is 0 Å². The molecule has 0 atom stereocenters. The number of rotatable bonds is 5. The molecular formula is C30H38N6O5. The summed E-state index contributed by atoms with van der Waals surface area (Å²) in [6.45, 7) is 5.28. The Morgan fingerprint density at radius 2 is 1.61 bits per heavy atom. The maximum Gasteiger partial charge on any atom is 0.323 e. The molecule has 0 saturated heterocycles. The zero-order valence-corrected chi connectivity index (χ0v) is 23.7. The van der Waals surface area contributed by atoms with E-state index in [1.54, 1.807) is 18.2 Å². The molecule has 2 aliphatic heterocycles. The van der Waals surface area contributed by atoms with Gasteiger partial charge in [-0.3, -0.25) is 9.59 Å². The van der Waals surface area contributed by atoms with Gasteiger partial charge >= 0.3 is 6.01 Å². The minimum Gasteiger partial charge on any atom is -0.494 e. The number of Topliss-reactive ketones (excluding diaryl/α,β-unsaturated/α-hetero) is 1. The van der Waals surface area contributed by atoms with Gasteiger partial charge < -0.3 is 30.2 Å². The third-order valence-corrected chi connectivity index (χ3v) is 6.31. The topological polar surface area (TPSA) is 137 Å². The summed E-state index contributed by atoms with van der Waals surface area (Å²) in [6.07, 6.45) is 6.21. The smallest absolute Gasteiger partial charge is 0.323 e. The Morgan fingerprint density at radius 3 is 2.34 bits per heavy atom. The third kappa shape index (κ3) is 9.63. The molecule has 5 rings (SSSR count). The first kappa shape index (κ1) is 29.6. The molecule has 0 aliphatic carbocycles. The van der Waals surface area contributed by atoms with Gasteiger partial charge in [-0.2, -0.15) is 15.0 Å². The summed E-state index contributed by atoms with van der Waals surface area (Å²) in [5.74, 6) is 1.38. The zero-order valence-electron chi connectivity index (χ0n) is 23.7. The maximum atomic E-state index is 12.8. The maximum absolute atomic E-state index is 12.8. The number of fused-ring (bicyclic) bond motifs is 12. The number of benzene rings is 2. The number of hydrogen-bond acceptors (Lipinski definition) is 10. The summed E-state index contributed by atoms with van der Waals surface area (Å²) in [5, 5.41) is 9.05. The molecule has 218 valence electrons. The van der Waals surface area contributed by atoms with Crippen LogP contribution < -0.4 is 30.2 Å². The molecule has 3 heterocycles. The number of ether oxygens (including phenoxy) is 3. The van der Waals surface area contributed by atoms with Crippen molar-refractivity contribution < 1.29 is 23.8 Å². The number of hydrogen-bond donors (Lipinski definition) is 3. The first-order valence-corrected chi connectivity index (χ1v) is 14.2. The first-order valence-electron chi connectivity index (χ1n) is 14.2. The van der Waals surface area contributed by atoms with Crippen molar-refractivity contribution in [3.05, 3.63) is 53.6 Å². The van der Waals surface area contributed by atoms with Crippen molar-refractivity contribution in [3.8, 4) is 17.5 Å². The van der Waals surface area contributed by atoms with E-state index < -0.39 is 0 Å². The SMILES string of the molecule is CCOc1nc2nc(n1)Nc1ccc(C(=O)NCC(C)=O)c(c1)OCCCCCCCCOc1ccc(cc1)CN2. The number of ketones is 1. The highest BCUT2D eigenvalue weighted by atomic mass is 16.5. The standard InChI is InChI=1S/C30H38N6O5/c1-3-39-30-35-28-32-20-22-10-13-24(14-11-22)40-16-8-6-4-5-7-9-17-41-26-18-23(33-29(34-28)36-30)12-15-25(26)27(38)31-19-21(2)37/h10-15,18H,3-9,16-17,19-20H2,1-2H3,(H,31,38)(H2,32,33,34,35,36). The van der Waals surface area contributed by atoms with Gasteiger partial charge in [-0.15, -0.1) is 0 Å². The molecule has 2 aliphatic rings. The number of aromatic nitrogens is 3. The molecule has 0 spiro atoms. The summed E-state index contributed by atoms with van der Waals surface area (Å²) in [6, 6.07) is 13.3. The van der Waals surface area contributed by atoms with Crippen LogP contribution in [-0.4, -0.2) is 53.0 Å². The molecule has 0 fully saturated rings. The molecule has 0 radical (unpaired) electrons. The van der Waals surface area contributed by atoms with Gasteiger partial charge in [0.25, 0.3) is 5.91 Å². The van der Waals surface area contributed by atoms with Gasteiger partial charge in [0, 0.05) is 18.3 Å². The second kappa shape index (κ2) is 15.4. The lowest BCUT2D eigenvalue weighted by molar-refractivity contribution is -0.116. The van der Waals surface area contributed by atoms with Gasteiger partial charge in [-0.05, 0) is 56.5 Å². The van der Waals surface area contributed by atoms with E-state index in [9.17, 15) is 9.59 Å². The van der Waals surface area contributed by atoms with Gasteiger partial charge in [0.05, 0.1) is 31.9 Å². The average Bonchev–Trinajstić information content (AvgIpc) is 2.96. The number of amides is 1. The van der Waals surface area contributed by atoms with Crippen LogP contribution >= 0.6 is 0 Å². The van der Waals surface area contributed by atoms with Gasteiger partial charge in [-0.25, -0.2) is 0 Å². The molecule has 2 aromatic carbocycles. The molecule has 0 saturated carbocycles. The third-order valence-electron chi connectivity index (χ3n) is 6.31. The number of carbonyl (C=O) groups is 2. The van der Waals surface area contributed by atoms with Crippen molar-refractivity contribution in [1.29, 1.82) is 0 Å². The predicted molar refractivity (Wildman–Crippen MR) is 156 cm³/mol. The number of carbonyl (C=O) groups excluding carboxylic acids is 2. The average molecular weight is 563 g/mol. The van der Waals surface area contributed by atoms with E-state index in [0.29, 0.717) is 49.3 Å². The fourth-order valence-electron chi connectivity index (χ4n) is 4.19. The lowest BCUT2D eigenvalue weighted by atomic mass is 10.1. The quantitative estimate of drug-likeness (QED) is 0.387. The van der Waals surface area contributed by atoms with E-state index in [1.165, 1.54) is 6.92 Å².